The van der Waals surface area contributed by atoms with Crippen molar-refractivity contribution >= 4 is 5.82 Å². The number of nitrogens with one attached hydrogen (secondary N) is 2. The lowest BCUT2D eigenvalue weighted by Gasteiger charge is -2.36. The van der Waals surface area contributed by atoms with Crippen LogP contribution in [0.25, 0.3) is 0 Å². The lowest BCUT2D eigenvalue weighted by atomic mass is 9.81. The van der Waals surface area contributed by atoms with E-state index in [0.717, 1.165) is 31.7 Å². The van der Waals surface area contributed by atoms with Gasteiger partial charge in [0, 0.05) is 25.5 Å². The van der Waals surface area contributed by atoms with E-state index >= 15 is 0 Å². The fraction of sp³-hybridized carbons (Fsp3) is 0.304. The van der Waals surface area contributed by atoms with Gasteiger partial charge in [-0.05, 0) is 61.1 Å². The van der Waals surface area contributed by atoms with Crippen LogP contribution in [0.4, 0.5) is 5.82 Å². The highest BCUT2D eigenvalue weighted by Gasteiger charge is 2.32. The van der Waals surface area contributed by atoms with Crippen molar-refractivity contribution in [1.29, 1.82) is 0 Å². The molecule has 2 N–H and O–H groups in total. The number of aryl methyl sites for hydroxylation is 1. The molecule has 4 rings (SSSR count). The summed E-state index contributed by atoms with van der Waals surface area (Å²) >= 11 is 0. The second kappa shape index (κ2) is 7.89. The summed E-state index contributed by atoms with van der Waals surface area (Å²) in [5, 5.41) is 7.11. The molecule has 0 radical (unpaired) electrons. The number of benzene rings is 1. The van der Waals surface area contributed by atoms with Crippen LogP contribution in [0.15, 0.2) is 67.0 Å². The molecular weight excluding hydrogens is 332 g/mol. The van der Waals surface area contributed by atoms with Gasteiger partial charge < -0.3 is 10.6 Å². The van der Waals surface area contributed by atoms with E-state index in [1.165, 1.54) is 28.8 Å². The Balaban J connectivity index is 1.37. The third-order valence-electron chi connectivity index (χ3n) is 5.38. The number of hydrogen-bond donors (Lipinski definition) is 2. The first kappa shape index (κ1) is 17.7. The molecule has 138 valence electrons. The Kier molecular flexibility index (Phi) is 5.16. The van der Waals surface area contributed by atoms with E-state index in [2.05, 4.69) is 57.9 Å². The number of pyridine rings is 2. The van der Waals surface area contributed by atoms with Gasteiger partial charge in [-0.1, -0.05) is 36.4 Å². The van der Waals surface area contributed by atoms with Crippen molar-refractivity contribution in [3.8, 4) is 0 Å². The Labute approximate surface area is 161 Å². The van der Waals surface area contributed by atoms with Gasteiger partial charge in [-0.25, -0.2) is 4.98 Å². The highest BCUT2D eigenvalue weighted by Crippen LogP contribution is 2.33. The van der Waals surface area contributed by atoms with Crippen molar-refractivity contribution in [2.24, 2.45) is 0 Å². The maximum atomic E-state index is 4.68. The highest BCUT2D eigenvalue weighted by atomic mass is 15.0. The molecule has 2 heterocycles. The monoisotopic (exact) mass is 358 g/mol. The maximum absolute atomic E-state index is 4.68. The topological polar surface area (TPSA) is 49.8 Å². The van der Waals surface area contributed by atoms with Crippen LogP contribution >= 0.6 is 0 Å². The zero-order valence-corrected chi connectivity index (χ0v) is 15.8. The van der Waals surface area contributed by atoms with Crippen LogP contribution in [-0.4, -0.2) is 9.97 Å². The Hall–Kier alpha value is -2.72. The Morgan fingerprint density at radius 1 is 0.889 bits per heavy atom. The highest BCUT2D eigenvalue weighted by molar-refractivity contribution is 5.35. The van der Waals surface area contributed by atoms with Crippen LogP contribution in [0.5, 0.6) is 0 Å². The maximum Gasteiger partial charge on any atom is 0.126 e. The smallest absolute Gasteiger partial charge is 0.126 e. The molecule has 27 heavy (non-hydrogen) atoms. The molecule has 1 aromatic carbocycles. The lowest BCUT2D eigenvalue weighted by Crippen LogP contribution is -2.42. The van der Waals surface area contributed by atoms with E-state index in [-0.39, 0.29) is 5.54 Å². The van der Waals surface area contributed by atoms with Gasteiger partial charge in [-0.2, -0.15) is 0 Å². The summed E-state index contributed by atoms with van der Waals surface area (Å²) in [5.41, 5.74) is 5.09. The molecular formula is C23H26N4. The van der Waals surface area contributed by atoms with Gasteiger partial charge in [-0.3, -0.25) is 4.98 Å². The molecule has 0 fully saturated rings. The first-order chi connectivity index (χ1) is 13.2. The van der Waals surface area contributed by atoms with Crippen LogP contribution in [0.2, 0.25) is 0 Å². The SMILES string of the molecule is CC1(NCc2ccc(CNc3ccccn3)cc2)CCCc2cccnc21. The Bertz CT molecular complexity index is 876. The third kappa shape index (κ3) is 4.17. The molecule has 2 aromatic heterocycles. The van der Waals surface area contributed by atoms with Gasteiger partial charge in [0.15, 0.2) is 0 Å². The molecule has 1 atom stereocenters. The number of hydrogen-bond acceptors (Lipinski definition) is 4. The van der Waals surface area contributed by atoms with E-state index in [1.54, 1.807) is 6.20 Å². The first-order valence-electron chi connectivity index (χ1n) is 9.65. The van der Waals surface area contributed by atoms with Crippen molar-refractivity contribution < 1.29 is 0 Å². The summed E-state index contributed by atoms with van der Waals surface area (Å²) in [6.07, 6.45) is 7.19. The van der Waals surface area contributed by atoms with Crippen LogP contribution in [0, 0.1) is 0 Å². The van der Waals surface area contributed by atoms with Crippen molar-refractivity contribution in [2.75, 3.05) is 5.32 Å². The van der Waals surface area contributed by atoms with Crippen LogP contribution in [0.3, 0.4) is 0 Å². The van der Waals surface area contributed by atoms with E-state index in [4.69, 9.17) is 0 Å². The second-order valence-electron chi connectivity index (χ2n) is 7.44. The normalized spacial score (nSPS) is 18.7. The molecule has 0 amide bonds. The Morgan fingerprint density at radius 2 is 1.67 bits per heavy atom. The fourth-order valence-electron chi connectivity index (χ4n) is 3.79. The average Bonchev–Trinajstić information content (AvgIpc) is 2.73. The molecule has 3 aromatic rings. The number of fused-ring (bicyclic) bond motifs is 1. The molecule has 4 nitrogen and oxygen atoms in total. The zero-order chi connectivity index (χ0) is 18.5. The summed E-state index contributed by atoms with van der Waals surface area (Å²) in [4.78, 5) is 8.97. The van der Waals surface area contributed by atoms with Crippen molar-refractivity contribution in [3.05, 3.63) is 89.4 Å². The average molecular weight is 358 g/mol. The molecule has 1 aliphatic carbocycles. The van der Waals surface area contributed by atoms with E-state index in [0.29, 0.717) is 0 Å². The molecule has 0 aliphatic heterocycles. The summed E-state index contributed by atoms with van der Waals surface area (Å²) in [6.45, 7) is 3.91. The minimum Gasteiger partial charge on any atom is -0.366 e. The molecule has 1 unspecified atom stereocenters. The van der Waals surface area contributed by atoms with Gasteiger partial charge in [-0.15, -0.1) is 0 Å². The van der Waals surface area contributed by atoms with Crippen LogP contribution in [-0.2, 0) is 25.0 Å². The fourth-order valence-corrected chi connectivity index (χ4v) is 3.79. The minimum atomic E-state index is -0.0476. The van der Waals surface area contributed by atoms with Gasteiger partial charge in [0.05, 0.1) is 11.2 Å². The zero-order valence-electron chi connectivity index (χ0n) is 15.8. The molecule has 1 aliphatic rings. The van der Waals surface area contributed by atoms with Crippen LogP contribution < -0.4 is 10.6 Å². The molecule has 0 bridgehead atoms. The predicted molar refractivity (Wildman–Crippen MR) is 109 cm³/mol. The van der Waals surface area contributed by atoms with E-state index < -0.39 is 0 Å². The Morgan fingerprint density at radius 3 is 2.44 bits per heavy atom. The molecule has 0 spiro atoms. The first-order valence-corrected chi connectivity index (χ1v) is 9.65. The number of rotatable bonds is 6. The van der Waals surface area contributed by atoms with Gasteiger partial charge in [0.2, 0.25) is 0 Å². The van der Waals surface area contributed by atoms with Crippen LogP contribution in [0.1, 0.15) is 42.1 Å². The van der Waals surface area contributed by atoms with Crippen molar-refractivity contribution in [2.45, 2.75) is 44.8 Å². The van der Waals surface area contributed by atoms with Gasteiger partial charge in [0.25, 0.3) is 0 Å². The summed E-state index contributed by atoms with van der Waals surface area (Å²) in [6, 6.07) is 18.9. The van der Waals surface area contributed by atoms with Gasteiger partial charge >= 0.3 is 0 Å². The third-order valence-corrected chi connectivity index (χ3v) is 5.38. The molecule has 0 saturated carbocycles. The second-order valence-corrected chi connectivity index (χ2v) is 7.44. The number of anilines is 1. The number of nitrogens with zero attached hydrogens (tertiary/aromatic N) is 2. The minimum absolute atomic E-state index is 0.0476. The van der Waals surface area contributed by atoms with E-state index in [1.807, 2.05) is 30.5 Å². The predicted octanol–water partition coefficient (Wildman–Crippen LogP) is 4.43. The molecule has 0 saturated heterocycles. The summed E-state index contributed by atoms with van der Waals surface area (Å²) in [5.74, 6) is 0.902. The van der Waals surface area contributed by atoms with Crippen molar-refractivity contribution in [3.63, 3.8) is 0 Å². The van der Waals surface area contributed by atoms with Gasteiger partial charge in [0.1, 0.15) is 5.82 Å². The summed E-state index contributed by atoms with van der Waals surface area (Å²) in [7, 11) is 0. The number of aromatic nitrogens is 2. The standard InChI is InChI=1S/C23H26N4/c1-23(13-4-6-20-7-5-15-25-22(20)23)27-17-19-11-9-18(10-12-19)16-26-21-8-2-3-14-24-21/h2-3,5,7-12,14-15,27H,4,6,13,16-17H2,1H3,(H,24,26). The largest absolute Gasteiger partial charge is 0.366 e. The lowest BCUT2D eigenvalue weighted by molar-refractivity contribution is 0.301. The summed E-state index contributed by atoms with van der Waals surface area (Å²) < 4.78 is 0. The van der Waals surface area contributed by atoms with E-state index in [9.17, 15) is 0 Å². The molecule has 4 heteroatoms. The van der Waals surface area contributed by atoms with Crippen molar-refractivity contribution in [1.82, 2.24) is 15.3 Å². The quantitative estimate of drug-likeness (QED) is 0.684.